The predicted molar refractivity (Wildman–Crippen MR) is 66.2 cm³/mol. The SMILES string of the molecule is CCCCC(C)N=C(N)c1ccccc1. The number of benzene rings is 1. The molecule has 0 radical (unpaired) electrons. The van der Waals surface area contributed by atoms with E-state index in [1.807, 2.05) is 30.3 Å². The molecular formula is C13H20N2. The van der Waals surface area contributed by atoms with Crippen LogP contribution < -0.4 is 5.73 Å². The summed E-state index contributed by atoms with van der Waals surface area (Å²) in [7, 11) is 0. The molecule has 0 amide bonds. The Morgan fingerprint density at radius 2 is 2.00 bits per heavy atom. The zero-order valence-corrected chi connectivity index (χ0v) is 9.61. The molecule has 1 rings (SSSR count). The van der Waals surface area contributed by atoms with E-state index in [1.165, 1.54) is 12.8 Å². The smallest absolute Gasteiger partial charge is 0.125 e. The van der Waals surface area contributed by atoms with Crippen LogP contribution in [0.3, 0.4) is 0 Å². The molecule has 0 aliphatic heterocycles. The summed E-state index contributed by atoms with van der Waals surface area (Å²) in [6.07, 6.45) is 3.54. The first kappa shape index (κ1) is 11.8. The first-order valence-electron chi connectivity index (χ1n) is 5.62. The zero-order chi connectivity index (χ0) is 11.1. The average molecular weight is 204 g/mol. The largest absolute Gasteiger partial charge is 0.383 e. The summed E-state index contributed by atoms with van der Waals surface area (Å²) in [4.78, 5) is 4.48. The Morgan fingerprint density at radius 1 is 1.33 bits per heavy atom. The van der Waals surface area contributed by atoms with Crippen molar-refractivity contribution in [3.8, 4) is 0 Å². The molecule has 15 heavy (non-hydrogen) atoms. The van der Waals surface area contributed by atoms with Crippen molar-refractivity contribution in [2.75, 3.05) is 0 Å². The molecule has 0 aromatic heterocycles. The van der Waals surface area contributed by atoms with Gasteiger partial charge in [0.25, 0.3) is 0 Å². The molecule has 0 saturated heterocycles. The highest BCUT2D eigenvalue weighted by atomic mass is 14.9. The van der Waals surface area contributed by atoms with Crippen molar-refractivity contribution in [1.82, 2.24) is 0 Å². The normalized spacial score (nSPS) is 13.9. The van der Waals surface area contributed by atoms with E-state index in [4.69, 9.17) is 5.73 Å². The van der Waals surface area contributed by atoms with Crippen LogP contribution in [-0.4, -0.2) is 11.9 Å². The Kier molecular flexibility index (Phi) is 4.88. The second-order valence-electron chi connectivity index (χ2n) is 3.87. The van der Waals surface area contributed by atoms with Gasteiger partial charge in [-0.2, -0.15) is 0 Å². The lowest BCUT2D eigenvalue weighted by molar-refractivity contribution is 0.617. The minimum atomic E-state index is 0.324. The van der Waals surface area contributed by atoms with E-state index in [9.17, 15) is 0 Å². The van der Waals surface area contributed by atoms with Gasteiger partial charge in [-0.25, -0.2) is 0 Å². The van der Waals surface area contributed by atoms with Crippen molar-refractivity contribution in [3.05, 3.63) is 35.9 Å². The summed E-state index contributed by atoms with van der Waals surface area (Å²) >= 11 is 0. The molecule has 0 saturated carbocycles. The fourth-order valence-electron chi connectivity index (χ4n) is 1.48. The van der Waals surface area contributed by atoms with Crippen LogP contribution in [0.25, 0.3) is 0 Å². The molecule has 82 valence electrons. The molecule has 0 heterocycles. The number of unbranched alkanes of at least 4 members (excludes halogenated alkanes) is 1. The molecule has 0 aliphatic carbocycles. The van der Waals surface area contributed by atoms with Gasteiger partial charge in [0.1, 0.15) is 5.84 Å². The van der Waals surface area contributed by atoms with Gasteiger partial charge in [-0.1, -0.05) is 50.1 Å². The van der Waals surface area contributed by atoms with E-state index in [0.29, 0.717) is 11.9 Å². The summed E-state index contributed by atoms with van der Waals surface area (Å²) in [5.41, 5.74) is 6.93. The van der Waals surface area contributed by atoms with Crippen LogP contribution in [0.2, 0.25) is 0 Å². The quantitative estimate of drug-likeness (QED) is 0.581. The molecule has 1 aromatic rings. The van der Waals surface area contributed by atoms with Gasteiger partial charge in [0, 0.05) is 11.6 Å². The highest BCUT2D eigenvalue weighted by molar-refractivity contribution is 5.97. The Bertz CT molecular complexity index is 304. The van der Waals surface area contributed by atoms with Crippen molar-refractivity contribution in [2.45, 2.75) is 39.2 Å². The number of amidine groups is 1. The summed E-state index contributed by atoms with van der Waals surface area (Å²) < 4.78 is 0. The van der Waals surface area contributed by atoms with Crippen LogP contribution in [-0.2, 0) is 0 Å². The maximum Gasteiger partial charge on any atom is 0.125 e. The lowest BCUT2D eigenvalue weighted by Gasteiger charge is -2.07. The van der Waals surface area contributed by atoms with Gasteiger partial charge in [0.05, 0.1) is 0 Å². The fourth-order valence-corrected chi connectivity index (χ4v) is 1.48. The molecule has 1 aromatic carbocycles. The third kappa shape index (κ3) is 4.15. The highest BCUT2D eigenvalue weighted by Gasteiger charge is 2.01. The van der Waals surface area contributed by atoms with Crippen LogP contribution in [0.4, 0.5) is 0 Å². The average Bonchev–Trinajstić information content (AvgIpc) is 2.27. The van der Waals surface area contributed by atoms with Crippen molar-refractivity contribution < 1.29 is 0 Å². The second kappa shape index (κ2) is 6.23. The molecule has 1 atom stereocenters. The van der Waals surface area contributed by atoms with E-state index in [2.05, 4.69) is 18.8 Å². The maximum absolute atomic E-state index is 5.92. The summed E-state index contributed by atoms with van der Waals surface area (Å²) in [6.45, 7) is 4.31. The molecule has 0 fully saturated rings. The van der Waals surface area contributed by atoms with Gasteiger partial charge in [0.15, 0.2) is 0 Å². The molecule has 2 N–H and O–H groups in total. The monoisotopic (exact) mass is 204 g/mol. The second-order valence-corrected chi connectivity index (χ2v) is 3.87. The lowest BCUT2D eigenvalue weighted by atomic mass is 10.1. The van der Waals surface area contributed by atoms with Crippen LogP contribution in [0.15, 0.2) is 35.3 Å². The van der Waals surface area contributed by atoms with E-state index in [-0.39, 0.29) is 0 Å². The van der Waals surface area contributed by atoms with Crippen molar-refractivity contribution >= 4 is 5.84 Å². The van der Waals surface area contributed by atoms with Gasteiger partial charge in [0.2, 0.25) is 0 Å². The topological polar surface area (TPSA) is 38.4 Å². The number of hydrogen-bond acceptors (Lipinski definition) is 1. The number of aliphatic imine (C=N–C) groups is 1. The van der Waals surface area contributed by atoms with E-state index >= 15 is 0 Å². The van der Waals surface area contributed by atoms with Gasteiger partial charge in [-0.15, -0.1) is 0 Å². The summed E-state index contributed by atoms with van der Waals surface area (Å²) in [5, 5.41) is 0. The lowest BCUT2D eigenvalue weighted by Crippen LogP contribution is -2.16. The van der Waals surface area contributed by atoms with E-state index in [1.54, 1.807) is 0 Å². The number of hydrogen-bond donors (Lipinski definition) is 1. The zero-order valence-electron chi connectivity index (χ0n) is 9.61. The third-order valence-corrected chi connectivity index (χ3v) is 2.40. The van der Waals surface area contributed by atoms with Crippen LogP contribution >= 0.6 is 0 Å². The van der Waals surface area contributed by atoms with Crippen LogP contribution in [0.5, 0.6) is 0 Å². The van der Waals surface area contributed by atoms with Gasteiger partial charge < -0.3 is 5.73 Å². The van der Waals surface area contributed by atoms with E-state index < -0.39 is 0 Å². The molecular weight excluding hydrogens is 184 g/mol. The highest BCUT2D eigenvalue weighted by Crippen LogP contribution is 2.05. The molecule has 0 bridgehead atoms. The van der Waals surface area contributed by atoms with Crippen molar-refractivity contribution in [3.63, 3.8) is 0 Å². The van der Waals surface area contributed by atoms with Gasteiger partial charge in [-0.3, -0.25) is 4.99 Å². The Hall–Kier alpha value is -1.31. The third-order valence-electron chi connectivity index (χ3n) is 2.40. The minimum absolute atomic E-state index is 0.324. The molecule has 2 heteroatoms. The Morgan fingerprint density at radius 3 is 2.60 bits per heavy atom. The number of nitrogens with zero attached hydrogens (tertiary/aromatic N) is 1. The number of nitrogens with two attached hydrogens (primary N) is 1. The number of rotatable bonds is 5. The first-order chi connectivity index (χ1) is 7.24. The van der Waals surface area contributed by atoms with E-state index in [0.717, 1.165) is 12.0 Å². The maximum atomic E-state index is 5.92. The molecule has 2 nitrogen and oxygen atoms in total. The molecule has 0 aliphatic rings. The van der Waals surface area contributed by atoms with Gasteiger partial charge >= 0.3 is 0 Å². The Labute approximate surface area is 92.2 Å². The fraction of sp³-hybridized carbons (Fsp3) is 0.462. The molecule has 1 unspecified atom stereocenters. The minimum Gasteiger partial charge on any atom is -0.383 e. The first-order valence-corrected chi connectivity index (χ1v) is 5.62. The van der Waals surface area contributed by atoms with Crippen LogP contribution in [0.1, 0.15) is 38.7 Å². The standard InChI is InChI=1S/C13H20N2/c1-3-4-8-11(2)15-13(14)12-9-6-5-7-10-12/h5-7,9-11H,3-4,8H2,1-2H3,(H2,14,15). The van der Waals surface area contributed by atoms with Crippen molar-refractivity contribution in [2.24, 2.45) is 10.7 Å². The van der Waals surface area contributed by atoms with Crippen molar-refractivity contribution in [1.29, 1.82) is 0 Å². The van der Waals surface area contributed by atoms with Gasteiger partial charge in [-0.05, 0) is 13.3 Å². The summed E-state index contributed by atoms with van der Waals surface area (Å²) in [6, 6.07) is 10.3. The predicted octanol–water partition coefficient (Wildman–Crippen LogP) is 2.97. The molecule has 0 spiro atoms. The van der Waals surface area contributed by atoms with Crippen LogP contribution in [0, 0.1) is 0 Å². The summed E-state index contributed by atoms with van der Waals surface area (Å²) in [5.74, 6) is 0.652. The Balaban J connectivity index is 2.59.